The lowest BCUT2D eigenvalue weighted by molar-refractivity contribution is 0.0600. The van der Waals surface area contributed by atoms with Gasteiger partial charge in [0.15, 0.2) is 5.82 Å². The molecule has 0 unspecified atom stereocenters. The third kappa shape index (κ3) is 4.21. The molecule has 0 saturated heterocycles. The number of aromatic nitrogens is 2. The molecule has 3 aromatic carbocycles. The van der Waals surface area contributed by atoms with Crippen molar-refractivity contribution < 1.29 is 18.3 Å². The number of fused-ring (bicyclic) bond motifs is 1. The van der Waals surface area contributed by atoms with Gasteiger partial charge in [0.05, 0.1) is 30.4 Å². The minimum atomic E-state index is -0.718. The summed E-state index contributed by atoms with van der Waals surface area (Å²) in [5.74, 6) is -2.08. The maximum Gasteiger partial charge on any atom is 0.337 e. The molecule has 0 aliphatic rings. The van der Waals surface area contributed by atoms with Gasteiger partial charge in [0, 0.05) is 24.8 Å². The SMILES string of the molecule is COC(=O)c1cc(F)cc(Cn2c(=O)n(-c3ccc(N(C)C)cc3)c3cc(Cl)cc(F)c32)c1. The largest absolute Gasteiger partial charge is 0.465 e. The molecule has 0 fully saturated rings. The standard InChI is InChI=1S/C24H20ClF2N3O3/c1-28(2)18-4-6-19(7-5-18)30-21-12-16(25)11-20(27)22(21)29(24(30)32)13-14-8-15(23(31)33-3)10-17(26)9-14/h4-12H,13H2,1-3H3. The van der Waals surface area contributed by atoms with Gasteiger partial charge < -0.3 is 9.64 Å². The highest BCUT2D eigenvalue weighted by atomic mass is 35.5. The van der Waals surface area contributed by atoms with Crippen LogP contribution in [0, 0.1) is 11.6 Å². The molecule has 0 aliphatic heterocycles. The summed E-state index contributed by atoms with van der Waals surface area (Å²) >= 11 is 6.09. The molecule has 0 aliphatic carbocycles. The third-order valence-corrected chi connectivity index (χ3v) is 5.50. The smallest absolute Gasteiger partial charge is 0.337 e. The van der Waals surface area contributed by atoms with E-state index < -0.39 is 23.3 Å². The fourth-order valence-corrected chi connectivity index (χ4v) is 3.96. The summed E-state index contributed by atoms with van der Waals surface area (Å²) in [6, 6.07) is 13.4. The van der Waals surface area contributed by atoms with E-state index in [0.717, 1.165) is 17.8 Å². The average molecular weight is 472 g/mol. The lowest BCUT2D eigenvalue weighted by Gasteiger charge is -2.13. The van der Waals surface area contributed by atoms with Crippen LogP contribution >= 0.6 is 11.6 Å². The Morgan fingerprint density at radius 3 is 2.39 bits per heavy atom. The first-order chi connectivity index (χ1) is 15.7. The van der Waals surface area contributed by atoms with Gasteiger partial charge in [-0.05, 0) is 60.2 Å². The molecule has 1 heterocycles. The zero-order chi connectivity index (χ0) is 23.9. The summed E-state index contributed by atoms with van der Waals surface area (Å²) in [7, 11) is 4.97. The molecule has 9 heteroatoms. The number of benzene rings is 3. The minimum absolute atomic E-state index is 0.00734. The number of methoxy groups -OCH3 is 1. The van der Waals surface area contributed by atoms with Crippen LogP contribution in [-0.2, 0) is 11.3 Å². The van der Waals surface area contributed by atoms with Crippen LogP contribution in [0.4, 0.5) is 14.5 Å². The first-order valence-corrected chi connectivity index (χ1v) is 10.3. The van der Waals surface area contributed by atoms with E-state index in [1.165, 1.54) is 34.4 Å². The van der Waals surface area contributed by atoms with Gasteiger partial charge in [-0.2, -0.15) is 0 Å². The number of hydrogen-bond acceptors (Lipinski definition) is 4. The van der Waals surface area contributed by atoms with Crippen LogP contribution in [0.15, 0.2) is 59.4 Å². The van der Waals surface area contributed by atoms with E-state index in [1.807, 2.05) is 31.1 Å². The van der Waals surface area contributed by atoms with Crippen molar-refractivity contribution in [2.45, 2.75) is 6.54 Å². The second-order valence-corrected chi connectivity index (χ2v) is 8.15. The number of hydrogen-bond donors (Lipinski definition) is 0. The number of imidazole rings is 1. The van der Waals surface area contributed by atoms with Gasteiger partial charge in [-0.1, -0.05) is 11.6 Å². The van der Waals surface area contributed by atoms with Crippen LogP contribution in [0.1, 0.15) is 15.9 Å². The van der Waals surface area contributed by atoms with Crippen molar-refractivity contribution in [1.82, 2.24) is 9.13 Å². The molecule has 4 rings (SSSR count). The van der Waals surface area contributed by atoms with Crippen molar-refractivity contribution in [3.63, 3.8) is 0 Å². The number of nitrogens with zero attached hydrogens (tertiary/aromatic N) is 3. The zero-order valence-electron chi connectivity index (χ0n) is 18.1. The Labute approximate surface area is 193 Å². The first-order valence-electron chi connectivity index (χ1n) is 9.95. The predicted molar refractivity (Wildman–Crippen MR) is 124 cm³/mol. The number of ether oxygens (including phenoxy) is 1. The van der Waals surface area contributed by atoms with Gasteiger partial charge in [-0.25, -0.2) is 18.4 Å². The lowest BCUT2D eigenvalue weighted by atomic mass is 10.1. The molecule has 170 valence electrons. The molecular weight excluding hydrogens is 452 g/mol. The summed E-state index contributed by atoms with van der Waals surface area (Å²) in [4.78, 5) is 27.2. The molecular formula is C24H20ClF2N3O3. The van der Waals surface area contributed by atoms with Crippen LogP contribution in [0.2, 0.25) is 5.02 Å². The monoisotopic (exact) mass is 471 g/mol. The van der Waals surface area contributed by atoms with Gasteiger partial charge in [0.1, 0.15) is 11.3 Å². The average Bonchev–Trinajstić information content (AvgIpc) is 3.04. The Balaban J connectivity index is 1.92. The van der Waals surface area contributed by atoms with Crippen LogP contribution in [0.5, 0.6) is 0 Å². The molecule has 0 radical (unpaired) electrons. The Bertz CT molecular complexity index is 1430. The molecule has 0 amide bonds. The number of carbonyl (C=O) groups excluding carboxylic acids is 1. The highest BCUT2D eigenvalue weighted by Gasteiger charge is 2.20. The van der Waals surface area contributed by atoms with E-state index >= 15 is 4.39 Å². The number of carbonyl (C=O) groups is 1. The highest BCUT2D eigenvalue weighted by molar-refractivity contribution is 6.31. The second-order valence-electron chi connectivity index (χ2n) is 7.71. The zero-order valence-corrected chi connectivity index (χ0v) is 18.9. The highest BCUT2D eigenvalue weighted by Crippen LogP contribution is 2.26. The first kappa shape index (κ1) is 22.5. The van der Waals surface area contributed by atoms with E-state index in [9.17, 15) is 14.0 Å². The third-order valence-electron chi connectivity index (χ3n) is 5.28. The van der Waals surface area contributed by atoms with Gasteiger partial charge in [0.25, 0.3) is 0 Å². The molecule has 0 saturated carbocycles. The van der Waals surface area contributed by atoms with E-state index in [-0.39, 0.29) is 28.2 Å². The number of esters is 1. The Morgan fingerprint density at radius 2 is 1.76 bits per heavy atom. The van der Waals surface area contributed by atoms with Crippen molar-refractivity contribution in [1.29, 1.82) is 0 Å². The normalized spacial score (nSPS) is 11.1. The van der Waals surface area contributed by atoms with Crippen LogP contribution < -0.4 is 10.6 Å². The number of rotatable bonds is 5. The van der Waals surface area contributed by atoms with E-state index in [0.29, 0.717) is 11.3 Å². The predicted octanol–water partition coefficient (Wildman–Crippen LogP) is 4.62. The van der Waals surface area contributed by atoms with Crippen molar-refractivity contribution >= 4 is 34.3 Å². The summed E-state index contributed by atoms with van der Waals surface area (Å²) in [6.45, 7) is -0.168. The maximum absolute atomic E-state index is 15.0. The maximum atomic E-state index is 15.0. The fraction of sp³-hybridized carbons (Fsp3) is 0.167. The van der Waals surface area contributed by atoms with E-state index in [4.69, 9.17) is 11.6 Å². The van der Waals surface area contributed by atoms with E-state index in [1.54, 1.807) is 12.1 Å². The molecule has 0 spiro atoms. The Morgan fingerprint density at radius 1 is 1.06 bits per heavy atom. The lowest BCUT2D eigenvalue weighted by Crippen LogP contribution is -2.24. The Kier molecular flexibility index (Phi) is 5.95. The molecule has 6 nitrogen and oxygen atoms in total. The topological polar surface area (TPSA) is 56.5 Å². The van der Waals surface area contributed by atoms with Crippen LogP contribution in [0.3, 0.4) is 0 Å². The van der Waals surface area contributed by atoms with Gasteiger partial charge in [-0.15, -0.1) is 0 Å². The molecule has 0 N–H and O–H groups in total. The fourth-order valence-electron chi connectivity index (χ4n) is 3.77. The molecule has 33 heavy (non-hydrogen) atoms. The second kappa shape index (κ2) is 8.71. The summed E-state index contributed by atoms with van der Waals surface area (Å²) in [5.41, 5.74) is 1.49. The van der Waals surface area contributed by atoms with Crippen molar-refractivity contribution in [3.05, 3.63) is 92.9 Å². The summed E-state index contributed by atoms with van der Waals surface area (Å²) in [6.07, 6.45) is 0. The van der Waals surface area contributed by atoms with Gasteiger partial charge >= 0.3 is 11.7 Å². The van der Waals surface area contributed by atoms with Crippen molar-refractivity contribution in [2.75, 3.05) is 26.1 Å². The van der Waals surface area contributed by atoms with E-state index in [2.05, 4.69) is 4.74 Å². The number of halogens is 3. The summed E-state index contributed by atoms with van der Waals surface area (Å²) < 4.78 is 36.4. The minimum Gasteiger partial charge on any atom is -0.465 e. The molecule has 0 atom stereocenters. The van der Waals surface area contributed by atoms with Gasteiger partial charge in [0.2, 0.25) is 0 Å². The quantitative estimate of drug-likeness (QED) is 0.398. The van der Waals surface area contributed by atoms with Crippen LogP contribution in [-0.4, -0.2) is 36.3 Å². The summed E-state index contributed by atoms with van der Waals surface area (Å²) in [5, 5.41) is 0.134. The van der Waals surface area contributed by atoms with Gasteiger partial charge in [-0.3, -0.25) is 9.13 Å². The number of anilines is 1. The van der Waals surface area contributed by atoms with Crippen molar-refractivity contribution in [3.8, 4) is 5.69 Å². The molecule has 0 bridgehead atoms. The van der Waals surface area contributed by atoms with Crippen LogP contribution in [0.25, 0.3) is 16.7 Å². The molecule has 1 aromatic heterocycles. The van der Waals surface area contributed by atoms with Crippen molar-refractivity contribution in [2.24, 2.45) is 0 Å². The molecule has 4 aromatic rings. The Hall–Kier alpha value is -3.65.